The number of carbonyl (C=O) groups is 1. The van der Waals surface area contributed by atoms with E-state index >= 15 is 4.39 Å². The molecule has 0 spiro atoms. The third-order valence-corrected chi connectivity index (χ3v) is 7.49. The highest BCUT2D eigenvalue weighted by molar-refractivity contribution is 7.12. The van der Waals surface area contributed by atoms with Crippen LogP contribution in [0.2, 0.25) is 0 Å². The van der Waals surface area contributed by atoms with E-state index in [0.717, 1.165) is 27.4 Å². The van der Waals surface area contributed by atoms with Gasteiger partial charge in [0.05, 0.1) is 6.54 Å². The number of carbonyl (C=O) groups excluding carboxylic acids is 1. The molecule has 2 aromatic heterocycles. The number of likely N-dealkylation sites (N-methyl/N-ethyl adjacent to an activating group) is 1. The van der Waals surface area contributed by atoms with Crippen LogP contribution in [0, 0.1) is 24.1 Å². The highest BCUT2D eigenvalue weighted by Gasteiger charge is 2.40. The second-order valence-corrected chi connectivity index (χ2v) is 10.3. The minimum Gasteiger partial charge on any atom is -0.333 e. The van der Waals surface area contributed by atoms with Crippen molar-refractivity contribution in [2.45, 2.75) is 25.6 Å². The van der Waals surface area contributed by atoms with Crippen LogP contribution in [-0.4, -0.2) is 52.7 Å². The summed E-state index contributed by atoms with van der Waals surface area (Å²) < 4.78 is 57.9. The Hall–Kier alpha value is -3.49. The first-order valence-electron chi connectivity index (χ1n) is 11.4. The summed E-state index contributed by atoms with van der Waals surface area (Å²) >= 11 is 1.25. The number of nitrogens with zero attached hydrogens (tertiary/aromatic N) is 5. The lowest BCUT2D eigenvalue weighted by atomic mass is 9.81. The van der Waals surface area contributed by atoms with Gasteiger partial charge in [0.25, 0.3) is 0 Å². The highest BCUT2D eigenvalue weighted by atomic mass is 32.1. The van der Waals surface area contributed by atoms with Crippen molar-refractivity contribution in [2.75, 3.05) is 27.2 Å². The summed E-state index contributed by atoms with van der Waals surface area (Å²) in [5, 5.41) is 13.2. The number of amides is 1. The topological polar surface area (TPSA) is 65.2 Å². The number of aromatic nitrogens is 2. The number of aryl methyl sites for hydroxylation is 1. The molecule has 194 valence electrons. The van der Waals surface area contributed by atoms with E-state index in [4.69, 9.17) is 0 Å². The van der Waals surface area contributed by atoms with E-state index in [1.165, 1.54) is 30.5 Å². The molecule has 1 atom stereocenters. The smallest absolute Gasteiger partial charge is 0.333 e. The maximum Gasteiger partial charge on any atom is 0.435 e. The number of halogens is 4. The average molecular weight is 532 g/mol. The Kier molecular flexibility index (Phi) is 7.26. The lowest BCUT2D eigenvalue weighted by Crippen LogP contribution is -2.37. The van der Waals surface area contributed by atoms with Gasteiger partial charge in [0.1, 0.15) is 16.8 Å². The van der Waals surface area contributed by atoms with Crippen LogP contribution in [-0.2, 0) is 24.6 Å². The molecule has 3 heterocycles. The van der Waals surface area contributed by atoms with Crippen LogP contribution in [0.4, 0.5) is 17.6 Å². The van der Waals surface area contributed by atoms with E-state index in [0.29, 0.717) is 22.5 Å². The predicted octanol–water partition coefficient (Wildman–Crippen LogP) is 5.08. The fraction of sp³-hybridized carbons (Fsp3) is 0.346. The van der Waals surface area contributed by atoms with Gasteiger partial charge in [-0.25, -0.2) is 4.39 Å². The summed E-state index contributed by atoms with van der Waals surface area (Å²) in [7, 11) is 5.09. The fourth-order valence-electron chi connectivity index (χ4n) is 4.70. The number of hydrogen-bond donors (Lipinski definition) is 0. The van der Waals surface area contributed by atoms with Crippen molar-refractivity contribution < 1.29 is 22.4 Å². The average Bonchev–Trinajstić information content (AvgIpc) is 3.37. The van der Waals surface area contributed by atoms with Crippen LogP contribution >= 0.6 is 11.3 Å². The molecule has 37 heavy (non-hydrogen) atoms. The van der Waals surface area contributed by atoms with E-state index in [2.05, 4.69) is 11.2 Å². The van der Waals surface area contributed by atoms with Gasteiger partial charge in [-0.1, -0.05) is 18.2 Å². The van der Waals surface area contributed by atoms with Crippen LogP contribution in [0.1, 0.15) is 38.1 Å². The van der Waals surface area contributed by atoms with Gasteiger partial charge >= 0.3 is 6.18 Å². The predicted molar refractivity (Wildman–Crippen MR) is 132 cm³/mol. The normalized spacial score (nSPS) is 15.9. The second-order valence-electron chi connectivity index (χ2n) is 9.21. The molecule has 0 saturated heterocycles. The lowest BCUT2D eigenvalue weighted by Gasteiger charge is -2.34. The van der Waals surface area contributed by atoms with Gasteiger partial charge in [0.15, 0.2) is 5.69 Å². The molecule has 1 aliphatic rings. The largest absolute Gasteiger partial charge is 0.435 e. The zero-order valence-corrected chi connectivity index (χ0v) is 21.5. The Morgan fingerprint density at radius 2 is 2.08 bits per heavy atom. The lowest BCUT2D eigenvalue weighted by molar-refractivity contribution is -0.141. The molecule has 1 aromatic carbocycles. The maximum atomic E-state index is 15.4. The van der Waals surface area contributed by atoms with Crippen LogP contribution in [0.3, 0.4) is 0 Å². The summed E-state index contributed by atoms with van der Waals surface area (Å²) in [5.74, 6) is -1.72. The van der Waals surface area contributed by atoms with Gasteiger partial charge in [-0.05, 0) is 43.8 Å². The van der Waals surface area contributed by atoms with E-state index < -0.39 is 23.6 Å². The van der Waals surface area contributed by atoms with Gasteiger partial charge < -0.3 is 9.80 Å². The Morgan fingerprint density at radius 1 is 1.35 bits per heavy atom. The van der Waals surface area contributed by atoms with E-state index in [-0.39, 0.29) is 30.1 Å². The summed E-state index contributed by atoms with van der Waals surface area (Å²) in [4.78, 5) is 17.8. The number of benzene rings is 1. The van der Waals surface area contributed by atoms with Crippen molar-refractivity contribution in [2.24, 2.45) is 7.05 Å². The van der Waals surface area contributed by atoms with Gasteiger partial charge in [0, 0.05) is 54.3 Å². The summed E-state index contributed by atoms with van der Waals surface area (Å²) in [6, 6.07) is 6.31. The van der Waals surface area contributed by atoms with Crippen LogP contribution < -0.4 is 0 Å². The molecule has 0 aliphatic carbocycles. The maximum absolute atomic E-state index is 15.4. The Labute approximate surface area is 216 Å². The molecule has 11 heteroatoms. The van der Waals surface area contributed by atoms with E-state index in [1.807, 2.05) is 19.0 Å². The van der Waals surface area contributed by atoms with Crippen molar-refractivity contribution in [1.29, 1.82) is 5.26 Å². The first-order chi connectivity index (χ1) is 17.4. The fourth-order valence-corrected chi connectivity index (χ4v) is 5.88. The zero-order chi connectivity index (χ0) is 27.1. The second kappa shape index (κ2) is 10.1. The minimum atomic E-state index is -4.79. The van der Waals surface area contributed by atoms with Crippen molar-refractivity contribution >= 4 is 17.2 Å². The Balaban J connectivity index is 1.89. The molecule has 0 N–H and O–H groups in total. The summed E-state index contributed by atoms with van der Waals surface area (Å²) in [6.07, 6.45) is -0.447. The van der Waals surface area contributed by atoms with Crippen LogP contribution in [0.5, 0.6) is 0 Å². The summed E-state index contributed by atoms with van der Waals surface area (Å²) in [5.41, 5.74) is -0.00300. The molecule has 1 amide bonds. The van der Waals surface area contributed by atoms with Gasteiger partial charge in [-0.15, -0.1) is 11.3 Å². The first-order valence-corrected chi connectivity index (χ1v) is 12.3. The van der Waals surface area contributed by atoms with E-state index in [1.54, 1.807) is 24.0 Å². The van der Waals surface area contributed by atoms with Crippen molar-refractivity contribution in [3.63, 3.8) is 0 Å². The zero-order valence-electron chi connectivity index (χ0n) is 20.7. The third-order valence-electron chi connectivity index (χ3n) is 6.29. The standard InChI is InChI=1S/C26H25F4N5OS/c1-15-20(11-31)37-21-14-35(22(36)9-6-10-33(2)3)13-17(23(15)21)16-7-5-8-19(27)24(16)18-12-34(4)32-25(18)26(28,29)30/h5-9,12,17H,10,13-14H2,1-4H3/b9-6+/t17-/m0/s1. The molecular formula is C26H25F4N5OS. The molecule has 0 fully saturated rings. The van der Waals surface area contributed by atoms with E-state index in [9.17, 15) is 23.2 Å². The molecular weight excluding hydrogens is 506 g/mol. The van der Waals surface area contributed by atoms with Gasteiger partial charge in [-0.3, -0.25) is 9.48 Å². The quantitative estimate of drug-likeness (QED) is 0.340. The molecule has 6 nitrogen and oxygen atoms in total. The molecule has 0 saturated carbocycles. The van der Waals surface area contributed by atoms with Gasteiger partial charge in [0.2, 0.25) is 5.91 Å². The number of thiophene rings is 1. The molecule has 1 aliphatic heterocycles. The van der Waals surface area contributed by atoms with Crippen molar-refractivity contribution in [3.8, 4) is 17.2 Å². The number of hydrogen-bond acceptors (Lipinski definition) is 5. The third kappa shape index (κ3) is 5.17. The van der Waals surface area contributed by atoms with Gasteiger partial charge in [-0.2, -0.15) is 23.5 Å². The SMILES string of the molecule is Cc1c(C#N)sc2c1[C@H](c1cccc(F)c1-c1cn(C)nc1C(F)(F)F)CN(C(=O)/C=C/CN(C)C)C2. The number of fused-ring (bicyclic) bond motifs is 1. The van der Waals surface area contributed by atoms with Crippen molar-refractivity contribution in [3.05, 3.63) is 74.5 Å². The molecule has 0 unspecified atom stereocenters. The highest BCUT2D eigenvalue weighted by Crippen LogP contribution is 2.46. The number of alkyl halides is 3. The molecule has 0 radical (unpaired) electrons. The molecule has 3 aromatic rings. The number of rotatable bonds is 5. The first kappa shape index (κ1) is 26.6. The van der Waals surface area contributed by atoms with Crippen LogP contribution in [0.15, 0.2) is 36.5 Å². The summed E-state index contributed by atoms with van der Waals surface area (Å²) in [6.45, 7) is 2.72. The van der Waals surface area contributed by atoms with Crippen molar-refractivity contribution in [1.82, 2.24) is 19.6 Å². The number of nitriles is 1. The molecule has 0 bridgehead atoms. The van der Waals surface area contributed by atoms with Crippen LogP contribution in [0.25, 0.3) is 11.1 Å². The Morgan fingerprint density at radius 3 is 2.73 bits per heavy atom. The molecule has 4 rings (SSSR count). The monoisotopic (exact) mass is 531 g/mol. The Bertz CT molecular complexity index is 1410. The minimum absolute atomic E-state index is 0.124.